The third-order valence-electron chi connectivity index (χ3n) is 4.07. The van der Waals surface area contributed by atoms with Crippen molar-refractivity contribution in [2.45, 2.75) is 6.18 Å². The number of amides is 1. The molecule has 0 aliphatic rings. The molecular formula is C21H15F3N2O5. The number of ether oxygens (including phenoxy) is 2. The smallest absolute Gasteiger partial charge is 0.416 e. The number of carbonyl (C=O) groups excluding carboxylic acids is 2. The third-order valence-corrected chi connectivity index (χ3v) is 4.07. The van der Waals surface area contributed by atoms with E-state index >= 15 is 0 Å². The van der Waals surface area contributed by atoms with Crippen LogP contribution in [0.3, 0.4) is 0 Å². The van der Waals surface area contributed by atoms with Crippen molar-refractivity contribution in [3.8, 4) is 17.2 Å². The van der Waals surface area contributed by atoms with Gasteiger partial charge in [0, 0.05) is 18.0 Å². The summed E-state index contributed by atoms with van der Waals surface area (Å²) in [6.45, 7) is 0. The van der Waals surface area contributed by atoms with Gasteiger partial charge in [-0.05, 0) is 42.5 Å². The summed E-state index contributed by atoms with van der Waals surface area (Å²) >= 11 is 0. The number of hydrogen-bond acceptors (Lipinski definition) is 6. The molecule has 0 aliphatic heterocycles. The van der Waals surface area contributed by atoms with Crippen molar-refractivity contribution in [3.63, 3.8) is 0 Å². The first kappa shape index (κ1) is 21.6. The van der Waals surface area contributed by atoms with Crippen molar-refractivity contribution in [3.05, 3.63) is 77.6 Å². The lowest BCUT2D eigenvalue weighted by Crippen LogP contribution is -2.14. The number of rotatable bonds is 5. The van der Waals surface area contributed by atoms with Crippen molar-refractivity contribution >= 4 is 17.6 Å². The molecule has 3 rings (SSSR count). The van der Waals surface area contributed by atoms with Crippen molar-refractivity contribution in [2.75, 3.05) is 12.4 Å². The summed E-state index contributed by atoms with van der Waals surface area (Å²) in [6.07, 6.45) is -3.27. The minimum Gasteiger partial charge on any atom is -0.503 e. The van der Waals surface area contributed by atoms with Gasteiger partial charge in [0.05, 0.1) is 18.2 Å². The number of nitrogens with zero attached hydrogens (tertiary/aromatic N) is 1. The minimum absolute atomic E-state index is 0.0535. The van der Waals surface area contributed by atoms with E-state index < -0.39 is 29.4 Å². The molecule has 0 bridgehead atoms. The van der Waals surface area contributed by atoms with E-state index in [0.717, 1.165) is 18.2 Å². The van der Waals surface area contributed by atoms with Crippen LogP contribution in [-0.4, -0.2) is 29.1 Å². The highest BCUT2D eigenvalue weighted by Crippen LogP contribution is 2.31. The molecule has 0 atom stereocenters. The van der Waals surface area contributed by atoms with E-state index in [1.165, 1.54) is 49.7 Å². The first-order valence-electron chi connectivity index (χ1n) is 8.72. The Balaban J connectivity index is 1.69. The van der Waals surface area contributed by atoms with Crippen LogP contribution in [0.2, 0.25) is 0 Å². The Bertz CT molecular complexity index is 1110. The Hall–Kier alpha value is -4.08. The number of benzene rings is 2. The second kappa shape index (κ2) is 8.74. The molecule has 7 nitrogen and oxygen atoms in total. The quantitative estimate of drug-likeness (QED) is 0.461. The highest BCUT2D eigenvalue weighted by Gasteiger charge is 2.30. The van der Waals surface area contributed by atoms with Crippen LogP contribution >= 0.6 is 0 Å². The second-order valence-electron chi connectivity index (χ2n) is 6.16. The number of pyridine rings is 1. The van der Waals surface area contributed by atoms with E-state index in [4.69, 9.17) is 9.47 Å². The average Bonchev–Trinajstić information content (AvgIpc) is 2.74. The summed E-state index contributed by atoms with van der Waals surface area (Å²) in [5.41, 5.74) is -0.861. The van der Waals surface area contributed by atoms with Crippen LogP contribution in [0.1, 0.15) is 26.4 Å². The first-order valence-corrected chi connectivity index (χ1v) is 8.72. The number of alkyl halides is 3. The Labute approximate surface area is 174 Å². The highest BCUT2D eigenvalue weighted by atomic mass is 19.4. The van der Waals surface area contributed by atoms with Crippen LogP contribution in [-0.2, 0) is 6.18 Å². The van der Waals surface area contributed by atoms with Crippen LogP contribution in [0, 0.1) is 0 Å². The summed E-state index contributed by atoms with van der Waals surface area (Å²) in [5.74, 6) is -2.19. The van der Waals surface area contributed by atoms with Crippen molar-refractivity contribution in [2.24, 2.45) is 0 Å². The lowest BCUT2D eigenvalue weighted by Gasteiger charge is -2.10. The van der Waals surface area contributed by atoms with Gasteiger partial charge in [-0.2, -0.15) is 13.2 Å². The number of carbonyl (C=O) groups is 2. The molecule has 0 saturated carbocycles. The Morgan fingerprint density at radius 2 is 1.77 bits per heavy atom. The van der Waals surface area contributed by atoms with Crippen LogP contribution in [0.15, 0.2) is 60.8 Å². The van der Waals surface area contributed by atoms with Gasteiger partial charge < -0.3 is 19.9 Å². The van der Waals surface area contributed by atoms with E-state index in [1.807, 2.05) is 0 Å². The van der Waals surface area contributed by atoms with E-state index in [-0.39, 0.29) is 28.4 Å². The summed E-state index contributed by atoms with van der Waals surface area (Å²) < 4.78 is 48.2. The first-order chi connectivity index (χ1) is 14.7. The molecule has 0 unspecified atom stereocenters. The number of aromatic hydroxyl groups is 1. The molecule has 160 valence electrons. The molecule has 2 N–H and O–H groups in total. The SMILES string of the molecule is COc1ccnc(C(=O)Nc2ccc(C(=O)Oc3cccc(C(F)(F)F)c3)cc2)c1O. The largest absolute Gasteiger partial charge is 0.503 e. The lowest BCUT2D eigenvalue weighted by molar-refractivity contribution is -0.137. The van der Waals surface area contributed by atoms with E-state index in [0.29, 0.717) is 0 Å². The molecule has 1 heterocycles. The number of nitrogens with one attached hydrogen (secondary N) is 1. The molecule has 0 fully saturated rings. The monoisotopic (exact) mass is 432 g/mol. The number of halogens is 3. The number of hydrogen-bond donors (Lipinski definition) is 2. The summed E-state index contributed by atoms with van der Waals surface area (Å²) in [6, 6.07) is 10.8. The maximum atomic E-state index is 12.8. The summed E-state index contributed by atoms with van der Waals surface area (Å²) in [5, 5.41) is 12.5. The van der Waals surface area contributed by atoms with Crippen molar-refractivity contribution in [1.29, 1.82) is 0 Å². The van der Waals surface area contributed by atoms with Gasteiger partial charge in [0.25, 0.3) is 5.91 Å². The molecule has 3 aromatic rings. The zero-order valence-corrected chi connectivity index (χ0v) is 15.9. The molecule has 10 heteroatoms. The van der Waals surface area contributed by atoms with Crippen molar-refractivity contribution in [1.82, 2.24) is 4.98 Å². The van der Waals surface area contributed by atoms with Gasteiger partial charge in [-0.3, -0.25) is 4.79 Å². The average molecular weight is 432 g/mol. The van der Waals surface area contributed by atoms with E-state index in [9.17, 15) is 27.9 Å². The lowest BCUT2D eigenvalue weighted by atomic mass is 10.2. The van der Waals surface area contributed by atoms with Gasteiger partial charge in [0.2, 0.25) is 0 Å². The topological polar surface area (TPSA) is 97.8 Å². The van der Waals surface area contributed by atoms with E-state index in [1.54, 1.807) is 0 Å². The maximum Gasteiger partial charge on any atom is 0.416 e. The maximum absolute atomic E-state index is 12.8. The fourth-order valence-electron chi connectivity index (χ4n) is 2.55. The second-order valence-corrected chi connectivity index (χ2v) is 6.16. The van der Waals surface area contributed by atoms with Gasteiger partial charge >= 0.3 is 12.1 Å². The Morgan fingerprint density at radius 1 is 1.06 bits per heavy atom. The van der Waals surface area contributed by atoms with Gasteiger partial charge in [0.15, 0.2) is 17.2 Å². The molecular weight excluding hydrogens is 417 g/mol. The molecule has 2 aromatic carbocycles. The van der Waals surface area contributed by atoms with Crippen LogP contribution in [0.4, 0.5) is 18.9 Å². The Kier molecular flexibility index (Phi) is 6.10. The molecule has 0 aliphatic carbocycles. The molecule has 1 amide bonds. The summed E-state index contributed by atoms with van der Waals surface area (Å²) in [4.78, 5) is 28.3. The zero-order chi connectivity index (χ0) is 22.6. The van der Waals surface area contributed by atoms with Crippen LogP contribution in [0.25, 0.3) is 0 Å². The van der Waals surface area contributed by atoms with E-state index in [2.05, 4.69) is 10.3 Å². The summed E-state index contributed by atoms with van der Waals surface area (Å²) in [7, 11) is 1.33. The fourth-order valence-corrected chi connectivity index (χ4v) is 2.55. The molecule has 1 aromatic heterocycles. The minimum atomic E-state index is -4.56. The number of aromatic nitrogens is 1. The van der Waals surface area contributed by atoms with Gasteiger partial charge in [-0.15, -0.1) is 0 Å². The molecule has 31 heavy (non-hydrogen) atoms. The predicted octanol–water partition coefficient (Wildman–Crippen LogP) is 4.29. The third kappa shape index (κ3) is 5.10. The van der Waals surface area contributed by atoms with Crippen LogP contribution in [0.5, 0.6) is 17.2 Å². The van der Waals surface area contributed by atoms with Crippen molar-refractivity contribution < 1.29 is 37.3 Å². The van der Waals surface area contributed by atoms with Crippen LogP contribution < -0.4 is 14.8 Å². The highest BCUT2D eigenvalue weighted by molar-refractivity contribution is 6.05. The Morgan fingerprint density at radius 3 is 2.42 bits per heavy atom. The fraction of sp³-hybridized carbons (Fsp3) is 0.0952. The zero-order valence-electron chi connectivity index (χ0n) is 15.9. The van der Waals surface area contributed by atoms with Gasteiger partial charge in [0.1, 0.15) is 5.75 Å². The number of esters is 1. The normalized spacial score (nSPS) is 11.0. The number of methoxy groups -OCH3 is 1. The molecule has 0 spiro atoms. The van der Waals surface area contributed by atoms with Gasteiger partial charge in [-0.25, -0.2) is 9.78 Å². The number of anilines is 1. The van der Waals surface area contributed by atoms with Gasteiger partial charge in [-0.1, -0.05) is 6.07 Å². The predicted molar refractivity (Wildman–Crippen MR) is 103 cm³/mol. The standard InChI is InChI=1S/C21H15F3N2O5/c1-30-16-9-10-25-17(18(16)27)19(28)26-14-7-5-12(6-8-14)20(29)31-15-4-2-3-13(11-15)21(22,23)24/h2-11,27H,1H3,(H,26,28). The molecule has 0 saturated heterocycles. The molecule has 0 radical (unpaired) electrons.